The van der Waals surface area contributed by atoms with E-state index in [1.807, 2.05) is 30.3 Å². The van der Waals surface area contributed by atoms with Crippen molar-refractivity contribution < 1.29 is 19.1 Å². The summed E-state index contributed by atoms with van der Waals surface area (Å²) in [7, 11) is 1.26. The number of rotatable bonds is 5. The van der Waals surface area contributed by atoms with Crippen molar-refractivity contribution in [1.29, 1.82) is 0 Å². The molecule has 1 amide bonds. The first kappa shape index (κ1) is 18.5. The fourth-order valence-corrected chi connectivity index (χ4v) is 2.57. The fourth-order valence-electron chi connectivity index (χ4n) is 2.40. The number of carbonyl (C=O) groups excluding carboxylic acids is 2. The summed E-state index contributed by atoms with van der Waals surface area (Å²) in [6.45, 7) is 0. The fraction of sp³-hybridized carbons (Fsp3) is 0.0476. The maximum Gasteiger partial charge on any atom is 0.340 e. The largest absolute Gasteiger partial charge is 0.465 e. The molecule has 0 atom stereocenters. The molecule has 3 rings (SSSR count). The Morgan fingerprint density at radius 3 is 2.22 bits per heavy atom. The molecule has 0 heterocycles. The minimum atomic E-state index is -0.584. The molecule has 0 spiro atoms. The molecule has 0 unspecified atom stereocenters. The van der Waals surface area contributed by atoms with Gasteiger partial charge in [-0.3, -0.25) is 4.79 Å². The molecule has 0 fully saturated rings. The normalized spacial score (nSPS) is 10.1. The van der Waals surface area contributed by atoms with Crippen LogP contribution in [0.15, 0.2) is 72.8 Å². The highest BCUT2D eigenvalue weighted by atomic mass is 35.5. The Hall–Kier alpha value is -3.31. The van der Waals surface area contributed by atoms with Gasteiger partial charge in [0.05, 0.1) is 18.4 Å². The lowest BCUT2D eigenvalue weighted by molar-refractivity contribution is 0.0602. The summed E-state index contributed by atoms with van der Waals surface area (Å²) in [5.41, 5.74) is 0.921. The van der Waals surface area contributed by atoms with Crippen molar-refractivity contribution in [3.63, 3.8) is 0 Å². The van der Waals surface area contributed by atoms with Gasteiger partial charge in [-0.25, -0.2) is 4.79 Å². The molecule has 0 aromatic heterocycles. The zero-order valence-electron chi connectivity index (χ0n) is 14.4. The molecule has 0 aliphatic carbocycles. The van der Waals surface area contributed by atoms with Gasteiger partial charge in [-0.2, -0.15) is 0 Å². The summed E-state index contributed by atoms with van der Waals surface area (Å²) in [4.78, 5) is 24.4. The summed E-state index contributed by atoms with van der Waals surface area (Å²) < 4.78 is 10.4. The van der Waals surface area contributed by atoms with Crippen LogP contribution in [0.25, 0.3) is 0 Å². The lowest BCUT2D eigenvalue weighted by Gasteiger charge is -2.11. The van der Waals surface area contributed by atoms with Gasteiger partial charge >= 0.3 is 5.97 Å². The Balaban J connectivity index is 1.74. The zero-order valence-corrected chi connectivity index (χ0v) is 15.2. The summed E-state index contributed by atoms with van der Waals surface area (Å²) in [6, 6.07) is 20.6. The van der Waals surface area contributed by atoms with Gasteiger partial charge in [0.25, 0.3) is 5.91 Å². The van der Waals surface area contributed by atoms with Crippen molar-refractivity contribution in [3.05, 3.63) is 88.9 Å². The maximum atomic E-state index is 12.5. The molecular formula is C21H16ClNO4. The van der Waals surface area contributed by atoms with Crippen LogP contribution in [0.4, 0.5) is 5.69 Å². The van der Waals surface area contributed by atoms with Gasteiger partial charge in [-0.1, -0.05) is 29.8 Å². The number of methoxy groups -OCH3 is 1. The Bertz CT molecular complexity index is 956. The number of anilines is 1. The Kier molecular flexibility index (Phi) is 5.74. The third-order valence-electron chi connectivity index (χ3n) is 3.73. The molecule has 136 valence electrons. The number of carbonyl (C=O) groups is 2. The SMILES string of the molecule is COC(=O)c1cc(Cl)ccc1NC(=O)c1ccc(Oc2ccccc2)cc1. The Labute approximate surface area is 161 Å². The molecule has 0 aliphatic rings. The van der Waals surface area contributed by atoms with Crippen LogP contribution in [-0.2, 0) is 4.74 Å². The van der Waals surface area contributed by atoms with Crippen molar-refractivity contribution >= 4 is 29.2 Å². The van der Waals surface area contributed by atoms with E-state index in [0.717, 1.165) is 0 Å². The topological polar surface area (TPSA) is 64.6 Å². The Morgan fingerprint density at radius 1 is 0.889 bits per heavy atom. The van der Waals surface area contributed by atoms with E-state index in [-0.39, 0.29) is 11.5 Å². The van der Waals surface area contributed by atoms with Gasteiger partial charge in [-0.15, -0.1) is 0 Å². The summed E-state index contributed by atoms with van der Waals surface area (Å²) in [5, 5.41) is 3.07. The molecule has 3 aromatic carbocycles. The molecule has 6 heteroatoms. The Morgan fingerprint density at radius 2 is 1.56 bits per heavy atom. The van der Waals surface area contributed by atoms with Crippen LogP contribution in [0.2, 0.25) is 5.02 Å². The van der Waals surface area contributed by atoms with E-state index >= 15 is 0 Å². The number of esters is 1. The molecule has 0 saturated heterocycles. The van der Waals surface area contributed by atoms with Crippen LogP contribution in [0, 0.1) is 0 Å². The van der Waals surface area contributed by atoms with E-state index < -0.39 is 5.97 Å². The number of para-hydroxylation sites is 1. The lowest BCUT2D eigenvalue weighted by Crippen LogP contribution is -2.15. The number of halogens is 1. The van der Waals surface area contributed by atoms with E-state index in [1.54, 1.807) is 36.4 Å². The zero-order chi connectivity index (χ0) is 19.2. The van der Waals surface area contributed by atoms with Crippen LogP contribution in [-0.4, -0.2) is 19.0 Å². The molecule has 5 nitrogen and oxygen atoms in total. The highest BCUT2D eigenvalue weighted by Crippen LogP contribution is 2.24. The second kappa shape index (κ2) is 8.38. The molecule has 27 heavy (non-hydrogen) atoms. The molecule has 0 saturated carbocycles. The number of hydrogen-bond acceptors (Lipinski definition) is 4. The number of ether oxygens (including phenoxy) is 2. The lowest BCUT2D eigenvalue weighted by atomic mass is 10.1. The second-order valence-electron chi connectivity index (χ2n) is 5.58. The van der Waals surface area contributed by atoms with Crippen LogP contribution < -0.4 is 10.1 Å². The molecule has 3 aromatic rings. The van der Waals surface area contributed by atoms with Crippen LogP contribution in [0.1, 0.15) is 20.7 Å². The minimum Gasteiger partial charge on any atom is -0.465 e. The number of benzene rings is 3. The van der Waals surface area contributed by atoms with Crippen LogP contribution >= 0.6 is 11.6 Å². The average Bonchev–Trinajstić information content (AvgIpc) is 2.70. The predicted octanol–water partition coefficient (Wildman–Crippen LogP) is 5.17. The van der Waals surface area contributed by atoms with Crippen LogP contribution in [0.5, 0.6) is 11.5 Å². The highest BCUT2D eigenvalue weighted by Gasteiger charge is 2.15. The predicted molar refractivity (Wildman–Crippen MR) is 104 cm³/mol. The van der Waals surface area contributed by atoms with Crippen molar-refractivity contribution in [2.24, 2.45) is 0 Å². The third kappa shape index (κ3) is 4.65. The molecular weight excluding hydrogens is 366 g/mol. The van der Waals surface area contributed by atoms with E-state index in [9.17, 15) is 9.59 Å². The number of amides is 1. The van der Waals surface area contributed by atoms with Crippen molar-refractivity contribution in [1.82, 2.24) is 0 Å². The molecule has 0 bridgehead atoms. The van der Waals surface area contributed by atoms with E-state index in [2.05, 4.69) is 5.32 Å². The molecule has 0 aliphatic heterocycles. The molecule has 0 radical (unpaired) electrons. The first-order chi connectivity index (χ1) is 13.1. The monoisotopic (exact) mass is 381 g/mol. The van der Waals surface area contributed by atoms with E-state index in [4.69, 9.17) is 21.1 Å². The first-order valence-corrected chi connectivity index (χ1v) is 8.47. The van der Waals surface area contributed by atoms with E-state index in [1.165, 1.54) is 13.2 Å². The first-order valence-electron chi connectivity index (χ1n) is 8.09. The van der Waals surface area contributed by atoms with Crippen molar-refractivity contribution in [2.45, 2.75) is 0 Å². The number of nitrogens with one attached hydrogen (secondary N) is 1. The van der Waals surface area contributed by atoms with Gasteiger partial charge in [0.1, 0.15) is 11.5 Å². The van der Waals surface area contributed by atoms with Gasteiger partial charge in [0.2, 0.25) is 0 Å². The quantitative estimate of drug-likeness (QED) is 0.619. The summed E-state index contributed by atoms with van der Waals surface area (Å²) in [5.74, 6) is 0.367. The summed E-state index contributed by atoms with van der Waals surface area (Å²) in [6.07, 6.45) is 0. The van der Waals surface area contributed by atoms with Crippen molar-refractivity contribution in [2.75, 3.05) is 12.4 Å². The van der Waals surface area contributed by atoms with Gasteiger partial charge in [0.15, 0.2) is 0 Å². The van der Waals surface area contributed by atoms with Crippen molar-refractivity contribution in [3.8, 4) is 11.5 Å². The van der Waals surface area contributed by atoms with Crippen LogP contribution in [0.3, 0.4) is 0 Å². The standard InChI is InChI=1S/C21H16ClNO4/c1-26-21(25)18-13-15(22)9-12-19(18)23-20(24)14-7-10-17(11-8-14)27-16-5-3-2-4-6-16/h2-13H,1H3,(H,23,24). The minimum absolute atomic E-state index is 0.183. The van der Waals surface area contributed by atoms with Gasteiger partial charge in [0, 0.05) is 10.6 Å². The smallest absolute Gasteiger partial charge is 0.340 e. The second-order valence-corrected chi connectivity index (χ2v) is 6.01. The molecule has 1 N–H and O–H groups in total. The average molecular weight is 382 g/mol. The number of hydrogen-bond donors (Lipinski definition) is 1. The highest BCUT2D eigenvalue weighted by molar-refractivity contribution is 6.31. The van der Waals surface area contributed by atoms with E-state index in [0.29, 0.717) is 27.8 Å². The summed E-state index contributed by atoms with van der Waals surface area (Å²) >= 11 is 5.92. The third-order valence-corrected chi connectivity index (χ3v) is 3.97. The van der Waals surface area contributed by atoms with Gasteiger partial charge in [-0.05, 0) is 54.6 Å². The van der Waals surface area contributed by atoms with Gasteiger partial charge < -0.3 is 14.8 Å². The maximum absolute atomic E-state index is 12.5.